The van der Waals surface area contributed by atoms with Crippen molar-refractivity contribution < 1.29 is 0 Å². The monoisotopic (exact) mass is 371 g/mol. The molecule has 0 unspecified atom stereocenters. The Bertz CT molecular complexity index is 1130. The second-order valence-electron chi connectivity index (χ2n) is 6.89. The van der Waals surface area contributed by atoms with Gasteiger partial charge in [-0.25, -0.2) is 15.0 Å². The summed E-state index contributed by atoms with van der Waals surface area (Å²) < 4.78 is 0. The van der Waals surface area contributed by atoms with Crippen LogP contribution in [-0.4, -0.2) is 32.0 Å². The number of rotatable bonds is 5. The average molecular weight is 371 g/mol. The number of hydrogen-bond donors (Lipinski definition) is 3. The van der Waals surface area contributed by atoms with Gasteiger partial charge in [0.1, 0.15) is 17.3 Å². The molecule has 4 heterocycles. The summed E-state index contributed by atoms with van der Waals surface area (Å²) in [5.74, 6) is 2.43. The van der Waals surface area contributed by atoms with Gasteiger partial charge in [0.05, 0.1) is 12.2 Å². The Kier molecular flexibility index (Phi) is 4.12. The molecular formula is C21H21N7. The van der Waals surface area contributed by atoms with E-state index in [1.54, 1.807) is 6.20 Å². The molecule has 4 aromatic rings. The Hall–Kier alpha value is -3.48. The van der Waals surface area contributed by atoms with E-state index >= 15 is 0 Å². The largest absolute Gasteiger partial charge is 0.373 e. The van der Waals surface area contributed by atoms with Gasteiger partial charge in [0, 0.05) is 41.6 Å². The van der Waals surface area contributed by atoms with Crippen molar-refractivity contribution in [1.29, 1.82) is 0 Å². The number of nitrogens with zero attached hydrogens (tertiary/aromatic N) is 4. The molecule has 0 radical (unpaired) electrons. The first kappa shape index (κ1) is 16.7. The van der Waals surface area contributed by atoms with Gasteiger partial charge in [-0.2, -0.15) is 0 Å². The predicted octanol–water partition coefficient (Wildman–Crippen LogP) is 3.56. The zero-order chi connectivity index (χ0) is 18.9. The topological polar surface area (TPSA) is 91.4 Å². The molecule has 140 valence electrons. The molecule has 0 amide bonds. The van der Waals surface area contributed by atoms with E-state index in [2.05, 4.69) is 25.6 Å². The van der Waals surface area contributed by atoms with Crippen molar-refractivity contribution in [3.63, 3.8) is 0 Å². The smallest absolute Gasteiger partial charge is 0.162 e. The Morgan fingerprint density at radius 1 is 1.11 bits per heavy atom. The number of aryl methyl sites for hydroxylation is 1. The second kappa shape index (κ2) is 6.92. The molecule has 3 N–H and O–H groups in total. The van der Waals surface area contributed by atoms with E-state index in [-0.39, 0.29) is 0 Å². The molecule has 5 rings (SSSR count). The van der Waals surface area contributed by atoms with Crippen LogP contribution in [0.2, 0.25) is 0 Å². The van der Waals surface area contributed by atoms with Crippen LogP contribution in [0.3, 0.4) is 0 Å². The Labute approximate surface area is 162 Å². The van der Waals surface area contributed by atoms with Crippen LogP contribution < -0.4 is 10.6 Å². The minimum Gasteiger partial charge on any atom is -0.373 e. The van der Waals surface area contributed by atoms with E-state index in [0.717, 1.165) is 64.7 Å². The number of aromatic amines is 1. The summed E-state index contributed by atoms with van der Waals surface area (Å²) in [5.41, 5.74) is 5.15. The van der Waals surface area contributed by atoms with Gasteiger partial charge >= 0.3 is 0 Å². The average Bonchev–Trinajstić information content (AvgIpc) is 3.40. The number of pyridine rings is 2. The molecule has 1 aliphatic carbocycles. The van der Waals surface area contributed by atoms with Gasteiger partial charge in [-0.05, 0) is 43.5 Å². The van der Waals surface area contributed by atoms with E-state index in [4.69, 9.17) is 9.97 Å². The lowest BCUT2D eigenvalue weighted by molar-refractivity contribution is 0.900. The number of anilines is 2. The van der Waals surface area contributed by atoms with E-state index < -0.39 is 0 Å². The summed E-state index contributed by atoms with van der Waals surface area (Å²) in [5, 5.41) is 7.63. The van der Waals surface area contributed by atoms with Crippen LogP contribution in [0.25, 0.3) is 22.4 Å². The molecule has 4 aromatic heterocycles. The van der Waals surface area contributed by atoms with Crippen LogP contribution in [-0.2, 0) is 19.4 Å². The molecule has 0 aromatic carbocycles. The first-order valence-corrected chi connectivity index (χ1v) is 9.51. The molecule has 0 spiro atoms. The van der Waals surface area contributed by atoms with Crippen LogP contribution in [0.1, 0.15) is 23.4 Å². The van der Waals surface area contributed by atoms with E-state index in [9.17, 15) is 0 Å². The molecule has 1 aliphatic rings. The van der Waals surface area contributed by atoms with Crippen molar-refractivity contribution in [3.05, 3.63) is 59.7 Å². The minimum atomic E-state index is 0.603. The Balaban J connectivity index is 1.56. The zero-order valence-corrected chi connectivity index (χ0v) is 15.7. The highest BCUT2D eigenvalue weighted by Crippen LogP contribution is 2.32. The van der Waals surface area contributed by atoms with Gasteiger partial charge in [-0.15, -0.1) is 0 Å². The molecule has 0 bridgehead atoms. The fraction of sp³-hybridized carbons (Fsp3) is 0.238. The molecular weight excluding hydrogens is 350 g/mol. The highest BCUT2D eigenvalue weighted by Gasteiger charge is 2.21. The van der Waals surface area contributed by atoms with E-state index in [1.807, 2.05) is 43.6 Å². The van der Waals surface area contributed by atoms with Crippen LogP contribution in [0.5, 0.6) is 0 Å². The normalized spacial score (nSPS) is 12.9. The molecule has 0 atom stereocenters. The molecule has 0 fully saturated rings. The van der Waals surface area contributed by atoms with E-state index in [0.29, 0.717) is 6.54 Å². The lowest BCUT2D eigenvalue weighted by atomic mass is 10.1. The fourth-order valence-corrected chi connectivity index (χ4v) is 3.76. The van der Waals surface area contributed by atoms with Crippen molar-refractivity contribution in [3.8, 4) is 11.4 Å². The van der Waals surface area contributed by atoms with Crippen LogP contribution >= 0.6 is 0 Å². The SMILES string of the molecule is CNc1nc(-c2cc(NCc3ccccn3)nc3[nH]ccc23)nc2c1CCC2. The minimum absolute atomic E-state index is 0.603. The number of nitrogens with one attached hydrogen (secondary N) is 3. The van der Waals surface area contributed by atoms with Gasteiger partial charge in [-0.1, -0.05) is 6.07 Å². The third-order valence-electron chi connectivity index (χ3n) is 5.12. The maximum absolute atomic E-state index is 4.89. The third-order valence-corrected chi connectivity index (χ3v) is 5.12. The second-order valence-corrected chi connectivity index (χ2v) is 6.89. The molecule has 0 saturated heterocycles. The van der Waals surface area contributed by atoms with Crippen LogP contribution in [0.15, 0.2) is 42.7 Å². The predicted molar refractivity (Wildman–Crippen MR) is 110 cm³/mol. The van der Waals surface area contributed by atoms with Crippen molar-refractivity contribution in [2.24, 2.45) is 0 Å². The summed E-state index contributed by atoms with van der Waals surface area (Å²) in [6.45, 7) is 0.603. The van der Waals surface area contributed by atoms with Crippen molar-refractivity contribution in [1.82, 2.24) is 24.9 Å². The van der Waals surface area contributed by atoms with Gasteiger partial charge in [0.2, 0.25) is 0 Å². The molecule has 28 heavy (non-hydrogen) atoms. The van der Waals surface area contributed by atoms with Crippen molar-refractivity contribution >= 4 is 22.7 Å². The highest BCUT2D eigenvalue weighted by atomic mass is 15.0. The van der Waals surface area contributed by atoms with E-state index in [1.165, 1.54) is 5.56 Å². The quantitative estimate of drug-likeness (QED) is 0.497. The lowest BCUT2D eigenvalue weighted by Crippen LogP contribution is -2.05. The summed E-state index contributed by atoms with van der Waals surface area (Å²) in [7, 11) is 1.92. The Morgan fingerprint density at radius 3 is 2.93 bits per heavy atom. The fourth-order valence-electron chi connectivity index (χ4n) is 3.76. The lowest BCUT2D eigenvalue weighted by Gasteiger charge is -2.12. The Morgan fingerprint density at radius 2 is 2.07 bits per heavy atom. The van der Waals surface area contributed by atoms with Crippen LogP contribution in [0, 0.1) is 0 Å². The van der Waals surface area contributed by atoms with Gasteiger partial charge in [-0.3, -0.25) is 4.98 Å². The molecule has 7 nitrogen and oxygen atoms in total. The first-order valence-electron chi connectivity index (χ1n) is 9.51. The highest BCUT2D eigenvalue weighted by molar-refractivity contribution is 5.93. The molecule has 0 saturated carbocycles. The maximum atomic E-state index is 4.89. The molecule has 0 aliphatic heterocycles. The number of H-pyrrole nitrogens is 1. The summed E-state index contributed by atoms with van der Waals surface area (Å²) >= 11 is 0. The van der Waals surface area contributed by atoms with Gasteiger partial charge in [0.15, 0.2) is 5.82 Å². The molecule has 7 heteroatoms. The maximum Gasteiger partial charge on any atom is 0.162 e. The number of aromatic nitrogens is 5. The third kappa shape index (κ3) is 2.94. The van der Waals surface area contributed by atoms with Crippen molar-refractivity contribution in [2.45, 2.75) is 25.8 Å². The number of hydrogen-bond acceptors (Lipinski definition) is 6. The standard InChI is InChI=1S/C21H21N7/c1-22-19-15-6-4-7-17(15)26-21(28-19)16-11-18(27-20-14(16)8-10-24-20)25-12-13-5-2-3-9-23-13/h2-3,5,8-11H,4,6-7,12H2,1H3,(H,22,26,28)(H2,24,25,27). The number of fused-ring (bicyclic) bond motifs is 2. The van der Waals surface area contributed by atoms with Crippen LogP contribution in [0.4, 0.5) is 11.6 Å². The zero-order valence-electron chi connectivity index (χ0n) is 15.7. The van der Waals surface area contributed by atoms with Gasteiger partial charge < -0.3 is 15.6 Å². The summed E-state index contributed by atoms with van der Waals surface area (Å²) in [4.78, 5) is 22.0. The first-order chi connectivity index (χ1) is 13.8. The van der Waals surface area contributed by atoms with Gasteiger partial charge in [0.25, 0.3) is 0 Å². The summed E-state index contributed by atoms with van der Waals surface area (Å²) in [6, 6.07) is 9.93. The van der Waals surface area contributed by atoms with Crippen molar-refractivity contribution in [2.75, 3.05) is 17.7 Å². The summed E-state index contributed by atoms with van der Waals surface area (Å²) in [6.07, 6.45) is 6.87.